The first kappa shape index (κ1) is 17.4. The highest BCUT2D eigenvalue weighted by Crippen LogP contribution is 2.32. The molecule has 0 bridgehead atoms. The van der Waals surface area contributed by atoms with Crippen LogP contribution in [-0.2, 0) is 4.79 Å². The molecule has 0 atom stereocenters. The number of pyridine rings is 2. The van der Waals surface area contributed by atoms with Crippen molar-refractivity contribution in [3.05, 3.63) is 55.0 Å². The number of anilines is 1. The third kappa shape index (κ3) is 3.10. The van der Waals surface area contributed by atoms with Crippen molar-refractivity contribution in [2.75, 3.05) is 18.6 Å². The summed E-state index contributed by atoms with van der Waals surface area (Å²) < 4.78 is 5.33. The van der Waals surface area contributed by atoms with E-state index in [1.165, 1.54) is 0 Å². The molecule has 1 fully saturated rings. The van der Waals surface area contributed by atoms with Crippen LogP contribution in [0.5, 0.6) is 5.88 Å². The highest BCUT2D eigenvalue weighted by Gasteiger charge is 2.21. The van der Waals surface area contributed by atoms with Gasteiger partial charge in [0.2, 0.25) is 11.8 Å². The lowest BCUT2D eigenvalue weighted by atomic mass is 10.0. The summed E-state index contributed by atoms with van der Waals surface area (Å²) in [7, 11) is 1.59. The number of hydrogen-bond donors (Lipinski definition) is 1. The standard InChI is InChI=1S/C22H19N5O2/c1-29-20-10-18(19-13-24-26-22(19)25-20)16-9-15(11-23-12-16)14-4-6-17(7-5-14)27-8-2-3-21(27)28/h4-7,9-13H,2-3,8H2,1H3,(H,24,25,26). The Morgan fingerprint density at radius 1 is 1.03 bits per heavy atom. The van der Waals surface area contributed by atoms with Crippen molar-refractivity contribution in [3.63, 3.8) is 0 Å². The molecule has 0 saturated carbocycles. The maximum Gasteiger partial charge on any atom is 0.227 e. The maximum atomic E-state index is 12.0. The van der Waals surface area contributed by atoms with Crippen molar-refractivity contribution < 1.29 is 9.53 Å². The number of fused-ring (bicyclic) bond motifs is 1. The van der Waals surface area contributed by atoms with E-state index in [2.05, 4.69) is 26.2 Å². The Kier molecular flexibility index (Phi) is 4.20. The fraction of sp³-hybridized carbons (Fsp3) is 0.182. The fourth-order valence-electron chi connectivity index (χ4n) is 3.75. The number of aromatic amines is 1. The van der Waals surface area contributed by atoms with Crippen LogP contribution in [0.15, 0.2) is 55.0 Å². The second-order valence-corrected chi connectivity index (χ2v) is 7.00. The van der Waals surface area contributed by atoms with Gasteiger partial charge in [-0.1, -0.05) is 12.1 Å². The zero-order chi connectivity index (χ0) is 19.8. The smallest absolute Gasteiger partial charge is 0.227 e. The number of carbonyl (C=O) groups excluding carboxylic acids is 1. The average molecular weight is 385 g/mol. The van der Waals surface area contributed by atoms with E-state index in [-0.39, 0.29) is 5.91 Å². The van der Waals surface area contributed by atoms with Crippen LogP contribution < -0.4 is 9.64 Å². The molecule has 3 aromatic heterocycles. The van der Waals surface area contributed by atoms with Crippen LogP contribution in [0.4, 0.5) is 5.69 Å². The van der Waals surface area contributed by atoms with E-state index >= 15 is 0 Å². The molecule has 1 amide bonds. The van der Waals surface area contributed by atoms with Gasteiger partial charge >= 0.3 is 0 Å². The van der Waals surface area contributed by atoms with Crippen LogP contribution in [0, 0.1) is 0 Å². The Morgan fingerprint density at radius 3 is 2.62 bits per heavy atom. The van der Waals surface area contributed by atoms with Crippen molar-refractivity contribution in [2.24, 2.45) is 0 Å². The Bertz CT molecular complexity index is 1200. The summed E-state index contributed by atoms with van der Waals surface area (Å²) in [5, 5.41) is 7.90. The van der Waals surface area contributed by atoms with Crippen molar-refractivity contribution in [1.29, 1.82) is 0 Å². The van der Waals surface area contributed by atoms with Gasteiger partial charge in [-0.15, -0.1) is 0 Å². The predicted octanol–water partition coefficient (Wildman–Crippen LogP) is 3.82. The minimum atomic E-state index is 0.192. The monoisotopic (exact) mass is 385 g/mol. The molecule has 1 aromatic carbocycles. The minimum Gasteiger partial charge on any atom is -0.481 e. The van der Waals surface area contributed by atoms with Crippen molar-refractivity contribution in [2.45, 2.75) is 12.8 Å². The molecule has 1 N–H and O–H groups in total. The highest BCUT2D eigenvalue weighted by molar-refractivity contribution is 5.96. The number of rotatable bonds is 4. The largest absolute Gasteiger partial charge is 0.481 e. The molecule has 5 rings (SSSR count). The summed E-state index contributed by atoms with van der Waals surface area (Å²) >= 11 is 0. The molecule has 29 heavy (non-hydrogen) atoms. The first-order chi connectivity index (χ1) is 14.2. The van der Waals surface area contributed by atoms with Gasteiger partial charge in [0.15, 0.2) is 5.65 Å². The molecule has 0 spiro atoms. The molecule has 4 heterocycles. The summed E-state index contributed by atoms with van der Waals surface area (Å²) in [5.41, 5.74) is 5.56. The average Bonchev–Trinajstić information content (AvgIpc) is 3.42. The van der Waals surface area contributed by atoms with E-state index in [1.54, 1.807) is 13.3 Å². The van der Waals surface area contributed by atoms with Crippen LogP contribution in [-0.4, -0.2) is 39.7 Å². The minimum absolute atomic E-state index is 0.192. The Hall–Kier alpha value is -3.74. The third-order valence-electron chi connectivity index (χ3n) is 5.24. The zero-order valence-corrected chi connectivity index (χ0v) is 15.9. The number of nitrogens with zero attached hydrogens (tertiary/aromatic N) is 4. The molecule has 0 aliphatic carbocycles. The number of nitrogens with one attached hydrogen (secondary N) is 1. The number of amides is 1. The van der Waals surface area contributed by atoms with Gasteiger partial charge in [-0.2, -0.15) is 10.1 Å². The molecule has 7 heteroatoms. The first-order valence-corrected chi connectivity index (χ1v) is 9.47. The summed E-state index contributed by atoms with van der Waals surface area (Å²) in [4.78, 5) is 22.6. The Labute approximate surface area is 167 Å². The van der Waals surface area contributed by atoms with Gasteiger partial charge in [-0.05, 0) is 30.2 Å². The number of ether oxygens (including phenoxy) is 1. The molecule has 1 aliphatic heterocycles. The molecular weight excluding hydrogens is 366 g/mol. The lowest BCUT2D eigenvalue weighted by Crippen LogP contribution is -2.23. The molecule has 1 aliphatic rings. The molecule has 0 radical (unpaired) electrons. The van der Waals surface area contributed by atoms with Gasteiger partial charge in [-0.3, -0.25) is 14.9 Å². The topological polar surface area (TPSA) is 84.0 Å². The second kappa shape index (κ2) is 7.01. The van der Waals surface area contributed by atoms with Gasteiger partial charge < -0.3 is 9.64 Å². The molecule has 144 valence electrons. The number of hydrogen-bond acceptors (Lipinski definition) is 5. The quantitative estimate of drug-likeness (QED) is 0.577. The lowest BCUT2D eigenvalue weighted by Gasteiger charge is -2.16. The van der Waals surface area contributed by atoms with Gasteiger partial charge in [0.05, 0.1) is 13.3 Å². The second-order valence-electron chi connectivity index (χ2n) is 7.00. The summed E-state index contributed by atoms with van der Waals surface area (Å²) in [6, 6.07) is 12.0. The first-order valence-electron chi connectivity index (χ1n) is 9.47. The SMILES string of the molecule is COc1cc(-c2cncc(-c3ccc(N4CCCC4=O)cc3)c2)c2cn[nH]c2n1. The van der Waals surface area contributed by atoms with Gasteiger partial charge in [-0.25, -0.2) is 0 Å². The van der Waals surface area contributed by atoms with Gasteiger partial charge in [0, 0.05) is 59.2 Å². The predicted molar refractivity (Wildman–Crippen MR) is 111 cm³/mol. The third-order valence-corrected chi connectivity index (χ3v) is 5.24. The van der Waals surface area contributed by atoms with Crippen LogP contribution >= 0.6 is 0 Å². The summed E-state index contributed by atoms with van der Waals surface area (Å²) in [5.74, 6) is 0.707. The summed E-state index contributed by atoms with van der Waals surface area (Å²) in [6.07, 6.45) is 6.97. The van der Waals surface area contributed by atoms with E-state index in [4.69, 9.17) is 4.74 Å². The number of aromatic nitrogens is 4. The molecule has 1 saturated heterocycles. The molecular formula is C22H19N5O2. The van der Waals surface area contributed by atoms with Gasteiger partial charge in [0.25, 0.3) is 0 Å². The lowest BCUT2D eigenvalue weighted by molar-refractivity contribution is -0.117. The van der Waals surface area contributed by atoms with Crippen LogP contribution in [0.2, 0.25) is 0 Å². The number of methoxy groups -OCH3 is 1. The Balaban J connectivity index is 1.52. The molecule has 0 unspecified atom stereocenters. The Morgan fingerprint density at radius 2 is 1.86 bits per heavy atom. The van der Waals surface area contributed by atoms with E-state index in [0.29, 0.717) is 17.9 Å². The van der Waals surface area contributed by atoms with Crippen molar-refractivity contribution >= 4 is 22.6 Å². The number of carbonyl (C=O) groups is 1. The van der Waals surface area contributed by atoms with E-state index in [1.807, 2.05) is 47.6 Å². The highest BCUT2D eigenvalue weighted by atomic mass is 16.5. The van der Waals surface area contributed by atoms with E-state index < -0.39 is 0 Å². The van der Waals surface area contributed by atoms with Crippen molar-refractivity contribution in [3.8, 4) is 28.1 Å². The fourth-order valence-corrected chi connectivity index (χ4v) is 3.75. The van der Waals surface area contributed by atoms with Crippen LogP contribution in [0.1, 0.15) is 12.8 Å². The normalized spacial score (nSPS) is 14.0. The summed E-state index contributed by atoms with van der Waals surface area (Å²) in [6.45, 7) is 0.791. The van der Waals surface area contributed by atoms with Crippen LogP contribution in [0.3, 0.4) is 0 Å². The number of benzene rings is 1. The number of H-pyrrole nitrogens is 1. The van der Waals surface area contributed by atoms with Crippen molar-refractivity contribution in [1.82, 2.24) is 20.2 Å². The van der Waals surface area contributed by atoms with E-state index in [9.17, 15) is 4.79 Å². The molecule has 7 nitrogen and oxygen atoms in total. The van der Waals surface area contributed by atoms with E-state index in [0.717, 1.165) is 46.3 Å². The van der Waals surface area contributed by atoms with Gasteiger partial charge in [0.1, 0.15) is 0 Å². The van der Waals surface area contributed by atoms with Crippen LogP contribution in [0.25, 0.3) is 33.3 Å². The zero-order valence-electron chi connectivity index (χ0n) is 15.9. The molecule has 4 aromatic rings. The maximum absolute atomic E-state index is 12.0.